The van der Waals surface area contributed by atoms with Gasteiger partial charge in [-0.2, -0.15) is 10.4 Å². The van der Waals surface area contributed by atoms with Crippen molar-refractivity contribution in [1.82, 2.24) is 15.1 Å². The van der Waals surface area contributed by atoms with Gasteiger partial charge in [0, 0.05) is 36.3 Å². The van der Waals surface area contributed by atoms with Crippen molar-refractivity contribution in [3.8, 4) is 17.3 Å². The summed E-state index contributed by atoms with van der Waals surface area (Å²) in [7, 11) is 0. The summed E-state index contributed by atoms with van der Waals surface area (Å²) in [6.07, 6.45) is 0.00802. The monoisotopic (exact) mass is 432 g/mol. The average molecular weight is 432 g/mol. The maximum Gasteiger partial charge on any atom is 0.338 e. The van der Waals surface area contributed by atoms with Crippen molar-refractivity contribution in [2.75, 3.05) is 13.1 Å². The fourth-order valence-electron chi connectivity index (χ4n) is 4.59. The highest BCUT2D eigenvalue weighted by molar-refractivity contribution is 5.93. The predicted octanol–water partition coefficient (Wildman–Crippen LogP) is 3.16. The summed E-state index contributed by atoms with van der Waals surface area (Å²) >= 11 is 0. The van der Waals surface area contributed by atoms with Crippen LogP contribution in [0, 0.1) is 24.1 Å². The number of nitrogens with one attached hydrogen (secondary N) is 1. The van der Waals surface area contributed by atoms with Gasteiger partial charge in [-0.25, -0.2) is 9.18 Å². The number of cyclic esters (lactones) is 1. The van der Waals surface area contributed by atoms with Crippen LogP contribution in [0.15, 0.2) is 30.3 Å². The summed E-state index contributed by atoms with van der Waals surface area (Å²) in [5.41, 5.74) is 6.43. The molecule has 3 heterocycles. The highest BCUT2D eigenvalue weighted by atomic mass is 19.1. The molecule has 0 bridgehead atoms. The number of H-pyrrole nitrogens is 1. The first kappa shape index (κ1) is 20.4. The van der Waals surface area contributed by atoms with Crippen LogP contribution < -0.4 is 0 Å². The van der Waals surface area contributed by atoms with Crippen LogP contribution in [0.1, 0.15) is 50.0 Å². The van der Waals surface area contributed by atoms with Gasteiger partial charge in [-0.1, -0.05) is 12.1 Å². The summed E-state index contributed by atoms with van der Waals surface area (Å²) in [5.74, 6) is -0.871. The van der Waals surface area contributed by atoms with Gasteiger partial charge < -0.3 is 9.84 Å². The number of halogens is 1. The van der Waals surface area contributed by atoms with E-state index in [1.807, 2.05) is 13.0 Å². The fourth-order valence-corrected chi connectivity index (χ4v) is 4.59. The molecule has 32 heavy (non-hydrogen) atoms. The van der Waals surface area contributed by atoms with E-state index in [9.17, 15) is 14.3 Å². The second-order valence-electron chi connectivity index (χ2n) is 8.22. The molecule has 7 nitrogen and oxygen atoms in total. The topological polar surface area (TPSA) is 102 Å². The molecule has 0 saturated carbocycles. The molecule has 162 valence electrons. The summed E-state index contributed by atoms with van der Waals surface area (Å²) in [6.45, 7) is 3.91. The number of rotatable bonds is 4. The van der Waals surface area contributed by atoms with Crippen LogP contribution in [-0.4, -0.2) is 39.3 Å². The molecular formula is C24H21FN4O3. The molecule has 1 atom stereocenters. The quantitative estimate of drug-likeness (QED) is 0.614. The van der Waals surface area contributed by atoms with Crippen LogP contribution in [0.25, 0.3) is 11.3 Å². The van der Waals surface area contributed by atoms with E-state index in [1.165, 1.54) is 12.1 Å². The van der Waals surface area contributed by atoms with Crippen molar-refractivity contribution < 1.29 is 19.0 Å². The van der Waals surface area contributed by atoms with E-state index in [0.717, 1.165) is 34.5 Å². The van der Waals surface area contributed by atoms with Crippen molar-refractivity contribution in [2.45, 2.75) is 32.6 Å². The number of aliphatic hydroxyl groups excluding tert-OH is 1. The van der Waals surface area contributed by atoms with Gasteiger partial charge in [-0.05, 0) is 42.7 Å². The van der Waals surface area contributed by atoms with Crippen LogP contribution in [0.4, 0.5) is 4.39 Å². The van der Waals surface area contributed by atoms with Crippen molar-refractivity contribution in [1.29, 1.82) is 5.26 Å². The molecule has 2 aromatic carbocycles. The molecule has 0 fully saturated rings. The molecule has 0 saturated heterocycles. The van der Waals surface area contributed by atoms with Gasteiger partial charge in [0.15, 0.2) is 0 Å². The number of hydrogen-bond acceptors (Lipinski definition) is 6. The third-order valence-electron chi connectivity index (χ3n) is 6.37. The summed E-state index contributed by atoms with van der Waals surface area (Å²) in [5, 5.41) is 27.3. The van der Waals surface area contributed by atoms with E-state index in [-0.39, 0.29) is 18.1 Å². The summed E-state index contributed by atoms with van der Waals surface area (Å²) in [6, 6.07) is 9.87. The zero-order valence-corrected chi connectivity index (χ0v) is 17.5. The number of aromatic nitrogens is 2. The number of carbonyl (C=O) groups excluding carboxylic acids is 1. The minimum Gasteiger partial charge on any atom is -0.457 e. The Labute approximate surface area is 184 Å². The lowest BCUT2D eigenvalue weighted by atomic mass is 9.94. The molecule has 5 rings (SSSR count). The Morgan fingerprint density at radius 2 is 2.19 bits per heavy atom. The summed E-state index contributed by atoms with van der Waals surface area (Å²) < 4.78 is 19.2. The minimum atomic E-state index is -0.701. The predicted molar refractivity (Wildman–Crippen MR) is 113 cm³/mol. The number of carbonyl (C=O) groups is 1. The standard InChI is InChI=1S/C24H21FN4O3/c1-13-16(4-5-17-19(13)12-32-24(17)31)22(30)11-29-7-6-18-21(10-29)27-28-23(18)14-2-3-15(9-26)20(25)8-14/h2-5,8,22,30H,6-7,10-12H2,1H3,(H,27,28)/t22-/m0/s1. The van der Waals surface area contributed by atoms with E-state index >= 15 is 0 Å². The molecule has 8 heteroatoms. The minimum absolute atomic E-state index is 0.0103. The lowest BCUT2D eigenvalue weighted by Gasteiger charge is -2.29. The van der Waals surface area contributed by atoms with E-state index in [4.69, 9.17) is 10.00 Å². The molecule has 0 spiro atoms. The number of β-amino-alcohol motifs (C(OH)–C–C–N with tert-alkyl or cyclic N) is 1. The van der Waals surface area contributed by atoms with Gasteiger partial charge >= 0.3 is 5.97 Å². The van der Waals surface area contributed by atoms with Crippen LogP contribution in [0.5, 0.6) is 0 Å². The number of esters is 1. The van der Waals surface area contributed by atoms with E-state index in [0.29, 0.717) is 36.3 Å². The number of ether oxygens (including phenoxy) is 1. The maximum atomic E-state index is 14.1. The van der Waals surface area contributed by atoms with Gasteiger partial charge in [0.25, 0.3) is 0 Å². The van der Waals surface area contributed by atoms with E-state index in [1.54, 1.807) is 18.2 Å². The fraction of sp³-hybridized carbons (Fsp3) is 0.292. The third-order valence-corrected chi connectivity index (χ3v) is 6.37. The smallest absolute Gasteiger partial charge is 0.338 e. The van der Waals surface area contributed by atoms with Gasteiger partial charge in [0.1, 0.15) is 18.5 Å². The Balaban J connectivity index is 1.32. The molecule has 2 aliphatic rings. The molecule has 2 aliphatic heterocycles. The molecule has 0 amide bonds. The number of fused-ring (bicyclic) bond motifs is 2. The zero-order valence-electron chi connectivity index (χ0n) is 17.5. The van der Waals surface area contributed by atoms with Crippen molar-refractivity contribution in [3.63, 3.8) is 0 Å². The first-order chi connectivity index (χ1) is 15.5. The highest BCUT2D eigenvalue weighted by Crippen LogP contribution is 2.32. The van der Waals surface area contributed by atoms with Gasteiger partial charge in [-0.3, -0.25) is 10.00 Å². The van der Waals surface area contributed by atoms with Gasteiger partial charge in [0.2, 0.25) is 0 Å². The first-order valence-electron chi connectivity index (χ1n) is 10.4. The molecular weight excluding hydrogens is 411 g/mol. The number of aromatic amines is 1. The van der Waals surface area contributed by atoms with Crippen molar-refractivity contribution in [2.24, 2.45) is 0 Å². The van der Waals surface area contributed by atoms with Crippen LogP contribution in [-0.2, 0) is 24.3 Å². The number of hydrogen-bond donors (Lipinski definition) is 2. The summed E-state index contributed by atoms with van der Waals surface area (Å²) in [4.78, 5) is 13.9. The largest absolute Gasteiger partial charge is 0.457 e. The third kappa shape index (κ3) is 3.36. The molecule has 0 radical (unpaired) electrons. The second-order valence-corrected chi connectivity index (χ2v) is 8.22. The maximum absolute atomic E-state index is 14.1. The Morgan fingerprint density at radius 1 is 1.34 bits per heavy atom. The molecule has 2 N–H and O–H groups in total. The van der Waals surface area contributed by atoms with E-state index in [2.05, 4.69) is 15.1 Å². The Morgan fingerprint density at radius 3 is 2.97 bits per heavy atom. The Bertz CT molecular complexity index is 1280. The Hall–Kier alpha value is -3.54. The Kier molecular flexibility index (Phi) is 5.00. The van der Waals surface area contributed by atoms with Crippen LogP contribution >= 0.6 is 0 Å². The molecule has 1 aromatic heterocycles. The van der Waals surface area contributed by atoms with Crippen molar-refractivity contribution >= 4 is 5.97 Å². The number of benzene rings is 2. The number of aliphatic hydroxyl groups is 1. The lowest BCUT2D eigenvalue weighted by Crippen LogP contribution is -2.34. The van der Waals surface area contributed by atoms with Gasteiger partial charge in [-0.15, -0.1) is 0 Å². The molecule has 0 aliphatic carbocycles. The van der Waals surface area contributed by atoms with E-state index < -0.39 is 11.9 Å². The molecule has 0 unspecified atom stereocenters. The van der Waals surface area contributed by atoms with Gasteiger partial charge in [0.05, 0.1) is 28.6 Å². The normalized spacial score (nSPS) is 16.2. The zero-order chi connectivity index (χ0) is 22.4. The number of nitriles is 1. The number of nitrogens with zero attached hydrogens (tertiary/aromatic N) is 3. The SMILES string of the molecule is Cc1c([C@@H](O)CN2CCc3c(-c4ccc(C#N)c(F)c4)n[nH]c3C2)ccc2c1COC2=O. The first-order valence-corrected chi connectivity index (χ1v) is 10.4. The second kappa shape index (κ2) is 7.86. The average Bonchev–Trinajstić information content (AvgIpc) is 3.37. The lowest BCUT2D eigenvalue weighted by molar-refractivity contribution is 0.0535. The molecule has 3 aromatic rings. The van der Waals surface area contributed by atoms with Crippen LogP contribution in [0.3, 0.4) is 0 Å². The highest BCUT2D eigenvalue weighted by Gasteiger charge is 2.28. The van der Waals surface area contributed by atoms with Crippen molar-refractivity contribution in [3.05, 3.63) is 75.2 Å². The van der Waals surface area contributed by atoms with Crippen LogP contribution in [0.2, 0.25) is 0 Å².